The summed E-state index contributed by atoms with van der Waals surface area (Å²) < 4.78 is 40.4. The largest absolute Gasteiger partial charge is 0.573 e. The highest BCUT2D eigenvalue weighted by atomic mass is 19.4. The van der Waals surface area contributed by atoms with Crippen LogP contribution in [-0.4, -0.2) is 16.3 Å². The molecular weight excluding hydrogens is 235 g/mol. The van der Waals surface area contributed by atoms with Gasteiger partial charge in [0.25, 0.3) is 0 Å². The molecular formula is C10H8F3N3O. The maximum atomic E-state index is 12.2. The van der Waals surface area contributed by atoms with E-state index in [2.05, 4.69) is 9.84 Å². The second-order valence-corrected chi connectivity index (χ2v) is 3.25. The molecule has 1 heterocycles. The van der Waals surface area contributed by atoms with Gasteiger partial charge in [-0.1, -0.05) is 18.2 Å². The van der Waals surface area contributed by atoms with E-state index < -0.39 is 6.36 Å². The van der Waals surface area contributed by atoms with E-state index in [9.17, 15) is 13.2 Å². The Bertz CT molecular complexity index is 522. The zero-order chi connectivity index (χ0) is 12.5. The van der Waals surface area contributed by atoms with E-state index in [0.717, 1.165) is 4.79 Å². The third-order valence-electron chi connectivity index (χ3n) is 2.03. The SMILES string of the molecule is Nn1cc(-c2ccccc2OC(F)(F)F)cn1. The Hall–Kier alpha value is -2.18. The summed E-state index contributed by atoms with van der Waals surface area (Å²) in [4.78, 5) is 1.01. The molecule has 90 valence electrons. The van der Waals surface area contributed by atoms with Gasteiger partial charge in [0.2, 0.25) is 0 Å². The van der Waals surface area contributed by atoms with Gasteiger partial charge in [-0.3, -0.25) is 0 Å². The summed E-state index contributed by atoms with van der Waals surface area (Å²) in [6.07, 6.45) is -1.97. The van der Waals surface area contributed by atoms with Gasteiger partial charge in [-0.25, -0.2) is 0 Å². The van der Waals surface area contributed by atoms with Crippen LogP contribution in [0.5, 0.6) is 5.75 Å². The van der Waals surface area contributed by atoms with Crippen LogP contribution in [-0.2, 0) is 0 Å². The van der Waals surface area contributed by atoms with Crippen LogP contribution in [0.2, 0.25) is 0 Å². The van der Waals surface area contributed by atoms with Crippen LogP contribution in [0.1, 0.15) is 0 Å². The van der Waals surface area contributed by atoms with Crippen molar-refractivity contribution >= 4 is 0 Å². The standard InChI is InChI=1S/C10H8F3N3O/c11-10(12,13)17-9-4-2-1-3-8(9)7-5-15-16(14)6-7/h1-6H,14H2. The summed E-state index contributed by atoms with van der Waals surface area (Å²) in [5.41, 5.74) is 0.730. The van der Waals surface area contributed by atoms with Crippen molar-refractivity contribution in [1.29, 1.82) is 0 Å². The fraction of sp³-hybridized carbons (Fsp3) is 0.100. The summed E-state index contributed by atoms with van der Waals surface area (Å²) >= 11 is 0. The number of aromatic nitrogens is 2. The minimum Gasteiger partial charge on any atom is -0.405 e. The molecule has 2 rings (SSSR count). The third-order valence-corrected chi connectivity index (χ3v) is 2.03. The van der Waals surface area contributed by atoms with Crippen LogP contribution in [0.15, 0.2) is 36.7 Å². The molecule has 2 aromatic rings. The number of nitrogens with two attached hydrogens (primary N) is 1. The third kappa shape index (κ3) is 2.68. The highest BCUT2D eigenvalue weighted by molar-refractivity contribution is 5.69. The fourth-order valence-electron chi connectivity index (χ4n) is 1.40. The Labute approximate surface area is 94.4 Å². The van der Waals surface area contributed by atoms with Crippen molar-refractivity contribution in [2.75, 3.05) is 5.84 Å². The molecule has 0 aliphatic rings. The summed E-state index contributed by atoms with van der Waals surface area (Å²) in [5.74, 6) is 5.05. The van der Waals surface area contributed by atoms with Gasteiger partial charge < -0.3 is 10.6 Å². The molecule has 0 unspecified atom stereocenters. The minimum atomic E-state index is -4.73. The quantitative estimate of drug-likeness (QED) is 0.822. The van der Waals surface area contributed by atoms with Crippen molar-refractivity contribution in [3.63, 3.8) is 0 Å². The predicted octanol–water partition coefficient (Wildman–Crippen LogP) is 2.16. The van der Waals surface area contributed by atoms with E-state index >= 15 is 0 Å². The van der Waals surface area contributed by atoms with E-state index in [0.29, 0.717) is 5.56 Å². The minimum absolute atomic E-state index is 0.279. The lowest BCUT2D eigenvalue weighted by Crippen LogP contribution is -2.17. The molecule has 1 aromatic heterocycles. The van der Waals surface area contributed by atoms with E-state index in [4.69, 9.17) is 5.84 Å². The average Bonchev–Trinajstić information content (AvgIpc) is 2.63. The lowest BCUT2D eigenvalue weighted by Gasteiger charge is -2.11. The van der Waals surface area contributed by atoms with Gasteiger partial charge in [-0.05, 0) is 6.07 Å². The van der Waals surface area contributed by atoms with Crippen molar-refractivity contribution in [3.8, 4) is 16.9 Å². The maximum Gasteiger partial charge on any atom is 0.573 e. The summed E-state index contributed by atoms with van der Waals surface area (Å²) in [6.45, 7) is 0. The van der Waals surface area contributed by atoms with E-state index in [1.807, 2.05) is 0 Å². The molecule has 17 heavy (non-hydrogen) atoms. The first-order valence-electron chi connectivity index (χ1n) is 4.60. The van der Waals surface area contributed by atoms with Crippen LogP contribution in [0.4, 0.5) is 13.2 Å². The Morgan fingerprint density at radius 3 is 2.53 bits per heavy atom. The zero-order valence-corrected chi connectivity index (χ0v) is 8.48. The highest BCUT2D eigenvalue weighted by Crippen LogP contribution is 2.32. The Morgan fingerprint density at radius 2 is 1.94 bits per heavy atom. The first kappa shape index (κ1) is 11.3. The highest BCUT2D eigenvalue weighted by Gasteiger charge is 2.32. The molecule has 0 radical (unpaired) electrons. The second kappa shape index (κ2) is 4.00. The van der Waals surface area contributed by atoms with Gasteiger partial charge in [0.1, 0.15) is 5.75 Å². The van der Waals surface area contributed by atoms with Gasteiger partial charge in [-0.2, -0.15) is 9.89 Å². The Balaban J connectivity index is 2.41. The fourth-order valence-corrected chi connectivity index (χ4v) is 1.40. The molecule has 0 aliphatic heterocycles. The van der Waals surface area contributed by atoms with Crippen LogP contribution in [0.3, 0.4) is 0 Å². The summed E-state index contributed by atoms with van der Waals surface area (Å²) in [6, 6.07) is 5.79. The van der Waals surface area contributed by atoms with Gasteiger partial charge >= 0.3 is 6.36 Å². The molecule has 0 saturated heterocycles. The molecule has 0 spiro atoms. The van der Waals surface area contributed by atoms with Gasteiger partial charge in [0.05, 0.1) is 12.4 Å². The van der Waals surface area contributed by atoms with Crippen molar-refractivity contribution in [3.05, 3.63) is 36.7 Å². The number of rotatable bonds is 2. The maximum absolute atomic E-state index is 12.2. The van der Waals surface area contributed by atoms with Gasteiger partial charge in [0, 0.05) is 11.1 Å². The van der Waals surface area contributed by atoms with E-state index in [-0.39, 0.29) is 11.3 Å². The number of ether oxygens (including phenoxy) is 1. The number of hydrogen-bond donors (Lipinski definition) is 1. The molecule has 7 heteroatoms. The number of hydrogen-bond acceptors (Lipinski definition) is 3. The number of benzene rings is 1. The summed E-state index contributed by atoms with van der Waals surface area (Å²) in [7, 11) is 0. The Morgan fingerprint density at radius 1 is 1.24 bits per heavy atom. The predicted molar refractivity (Wildman–Crippen MR) is 54.5 cm³/mol. The molecule has 0 bridgehead atoms. The molecule has 0 fully saturated rings. The monoisotopic (exact) mass is 243 g/mol. The number of halogens is 3. The van der Waals surface area contributed by atoms with Crippen molar-refractivity contribution in [2.24, 2.45) is 0 Å². The molecule has 0 atom stereocenters. The number of para-hydroxylation sites is 1. The van der Waals surface area contributed by atoms with Crippen molar-refractivity contribution < 1.29 is 17.9 Å². The smallest absolute Gasteiger partial charge is 0.405 e. The van der Waals surface area contributed by atoms with Crippen LogP contribution in [0.25, 0.3) is 11.1 Å². The van der Waals surface area contributed by atoms with Crippen molar-refractivity contribution in [2.45, 2.75) is 6.36 Å². The molecule has 0 saturated carbocycles. The summed E-state index contributed by atoms with van der Waals surface area (Å²) in [5, 5.41) is 3.69. The van der Waals surface area contributed by atoms with Crippen molar-refractivity contribution in [1.82, 2.24) is 9.89 Å². The molecule has 1 aromatic carbocycles. The van der Waals surface area contributed by atoms with Gasteiger partial charge in [-0.15, -0.1) is 13.2 Å². The first-order valence-corrected chi connectivity index (χ1v) is 4.60. The zero-order valence-electron chi connectivity index (χ0n) is 8.48. The molecule has 0 amide bonds. The Kier molecular flexibility index (Phi) is 2.66. The van der Waals surface area contributed by atoms with Crippen LogP contribution in [0, 0.1) is 0 Å². The average molecular weight is 243 g/mol. The normalized spacial score (nSPS) is 11.5. The van der Waals surface area contributed by atoms with E-state index in [1.165, 1.54) is 30.6 Å². The topological polar surface area (TPSA) is 53.1 Å². The van der Waals surface area contributed by atoms with Gasteiger partial charge in [0.15, 0.2) is 0 Å². The lowest BCUT2D eigenvalue weighted by molar-refractivity contribution is -0.274. The second-order valence-electron chi connectivity index (χ2n) is 3.25. The van der Waals surface area contributed by atoms with Crippen LogP contribution < -0.4 is 10.6 Å². The lowest BCUT2D eigenvalue weighted by atomic mass is 10.1. The molecule has 0 aliphatic carbocycles. The number of nitrogens with zero attached hydrogens (tertiary/aromatic N) is 2. The van der Waals surface area contributed by atoms with E-state index in [1.54, 1.807) is 6.07 Å². The first-order chi connectivity index (χ1) is 7.96. The molecule has 4 nitrogen and oxygen atoms in total. The number of alkyl halides is 3. The number of nitrogen functional groups attached to an aromatic ring is 1. The van der Waals surface area contributed by atoms with Crippen LogP contribution >= 0.6 is 0 Å². The molecule has 2 N–H and O–H groups in total.